The zero-order valence-corrected chi connectivity index (χ0v) is 15.4. The van der Waals surface area contributed by atoms with Crippen molar-refractivity contribution in [2.24, 2.45) is 0 Å². The first-order valence-corrected chi connectivity index (χ1v) is 8.92. The van der Waals surface area contributed by atoms with Crippen molar-refractivity contribution in [1.29, 1.82) is 0 Å². The molecule has 0 aliphatic heterocycles. The average molecular weight is 377 g/mol. The molecule has 130 valence electrons. The number of rotatable bonds is 6. The molecule has 0 aliphatic carbocycles. The third-order valence-corrected chi connectivity index (χ3v) is 4.89. The second kappa shape index (κ2) is 7.67. The lowest BCUT2D eigenvalue weighted by Crippen LogP contribution is -2.26. The summed E-state index contributed by atoms with van der Waals surface area (Å²) in [5.74, 6) is 0.350. The van der Waals surface area contributed by atoms with Gasteiger partial charge in [0.25, 0.3) is 5.91 Å². The van der Waals surface area contributed by atoms with Crippen LogP contribution in [0.3, 0.4) is 0 Å². The minimum atomic E-state index is -0.249. The van der Waals surface area contributed by atoms with Crippen LogP contribution in [0.15, 0.2) is 35.7 Å². The number of methoxy groups -OCH3 is 1. The first kappa shape index (κ1) is 17.4. The van der Waals surface area contributed by atoms with Crippen molar-refractivity contribution in [2.75, 3.05) is 13.7 Å². The lowest BCUT2D eigenvalue weighted by atomic mass is 10.2. The number of ether oxygens (including phenoxy) is 1. The van der Waals surface area contributed by atoms with E-state index < -0.39 is 0 Å². The summed E-state index contributed by atoms with van der Waals surface area (Å²) in [5, 5.41) is 13.5. The number of thiophene rings is 1. The van der Waals surface area contributed by atoms with Gasteiger partial charge in [-0.3, -0.25) is 4.79 Å². The first-order chi connectivity index (χ1) is 12.1. The van der Waals surface area contributed by atoms with E-state index in [1.165, 1.54) is 4.88 Å². The number of amides is 1. The molecule has 0 bridgehead atoms. The predicted molar refractivity (Wildman–Crippen MR) is 98.0 cm³/mol. The van der Waals surface area contributed by atoms with Crippen molar-refractivity contribution in [2.45, 2.75) is 13.3 Å². The number of halogens is 1. The van der Waals surface area contributed by atoms with Gasteiger partial charge in [-0.1, -0.05) is 22.9 Å². The fraction of sp³-hybridized carbons (Fsp3) is 0.235. The SMILES string of the molecule is COc1ccc(Cl)cc1-n1nnc(C(=O)NCCc2cccs2)c1C. The highest BCUT2D eigenvalue weighted by Crippen LogP contribution is 2.27. The zero-order valence-electron chi connectivity index (χ0n) is 13.8. The maximum atomic E-state index is 12.4. The van der Waals surface area contributed by atoms with Crippen LogP contribution >= 0.6 is 22.9 Å². The summed E-state index contributed by atoms with van der Waals surface area (Å²) >= 11 is 7.74. The monoisotopic (exact) mass is 376 g/mol. The van der Waals surface area contributed by atoms with Crippen LogP contribution in [0.5, 0.6) is 5.75 Å². The molecule has 6 nitrogen and oxygen atoms in total. The lowest BCUT2D eigenvalue weighted by molar-refractivity contribution is 0.0948. The van der Waals surface area contributed by atoms with Crippen molar-refractivity contribution >= 4 is 28.8 Å². The van der Waals surface area contributed by atoms with E-state index in [0.717, 1.165) is 6.42 Å². The molecule has 0 radical (unpaired) electrons. The number of hydrogen-bond donors (Lipinski definition) is 1. The van der Waals surface area contributed by atoms with Crippen LogP contribution in [0.25, 0.3) is 5.69 Å². The van der Waals surface area contributed by atoms with Gasteiger partial charge in [0.05, 0.1) is 12.8 Å². The molecule has 8 heteroatoms. The molecule has 0 unspecified atom stereocenters. The smallest absolute Gasteiger partial charge is 0.273 e. The van der Waals surface area contributed by atoms with Crippen LogP contribution in [0.2, 0.25) is 5.02 Å². The standard InChI is InChI=1S/C17H17ClN4O2S/c1-11-16(17(23)19-8-7-13-4-3-9-25-13)20-21-22(11)14-10-12(18)5-6-15(14)24-2/h3-6,9-10H,7-8H2,1-2H3,(H,19,23). The summed E-state index contributed by atoms with van der Waals surface area (Å²) in [6, 6.07) is 9.24. The van der Waals surface area contributed by atoms with E-state index in [1.807, 2.05) is 17.5 Å². The van der Waals surface area contributed by atoms with Gasteiger partial charge >= 0.3 is 0 Å². The predicted octanol–water partition coefficient (Wildman–Crippen LogP) is 3.27. The van der Waals surface area contributed by atoms with Crippen molar-refractivity contribution in [1.82, 2.24) is 20.3 Å². The Bertz CT molecular complexity index is 877. The number of benzene rings is 1. The number of carbonyl (C=O) groups is 1. The van der Waals surface area contributed by atoms with Crippen LogP contribution in [0.4, 0.5) is 0 Å². The summed E-state index contributed by atoms with van der Waals surface area (Å²) in [6.45, 7) is 2.33. The first-order valence-electron chi connectivity index (χ1n) is 7.67. The Labute approximate surface area is 154 Å². The summed E-state index contributed by atoms with van der Waals surface area (Å²) in [7, 11) is 1.57. The van der Waals surface area contributed by atoms with E-state index >= 15 is 0 Å². The Morgan fingerprint density at radius 1 is 1.40 bits per heavy atom. The van der Waals surface area contributed by atoms with Crippen molar-refractivity contribution in [3.8, 4) is 11.4 Å². The molecule has 0 saturated heterocycles. The van der Waals surface area contributed by atoms with E-state index in [1.54, 1.807) is 48.3 Å². The summed E-state index contributed by atoms with van der Waals surface area (Å²) in [5.41, 5.74) is 1.54. The Balaban J connectivity index is 1.76. The van der Waals surface area contributed by atoms with E-state index in [0.29, 0.717) is 28.7 Å². The summed E-state index contributed by atoms with van der Waals surface area (Å²) < 4.78 is 6.89. The molecule has 2 aromatic heterocycles. The summed E-state index contributed by atoms with van der Waals surface area (Å²) in [6.07, 6.45) is 0.790. The Kier molecular flexibility index (Phi) is 5.35. The minimum absolute atomic E-state index is 0.249. The Morgan fingerprint density at radius 2 is 2.24 bits per heavy atom. The number of nitrogens with zero attached hydrogens (tertiary/aromatic N) is 3. The van der Waals surface area contributed by atoms with Crippen molar-refractivity contribution in [3.63, 3.8) is 0 Å². The van der Waals surface area contributed by atoms with Crippen LogP contribution in [0.1, 0.15) is 21.1 Å². The Hall–Kier alpha value is -2.38. The maximum Gasteiger partial charge on any atom is 0.273 e. The number of aromatic nitrogens is 3. The van der Waals surface area contributed by atoms with Crippen LogP contribution in [0, 0.1) is 6.92 Å². The fourth-order valence-corrected chi connectivity index (χ4v) is 3.31. The van der Waals surface area contributed by atoms with Gasteiger partial charge in [-0.05, 0) is 43.0 Å². The van der Waals surface area contributed by atoms with Crippen LogP contribution < -0.4 is 10.1 Å². The fourth-order valence-electron chi connectivity index (χ4n) is 2.43. The highest BCUT2D eigenvalue weighted by Gasteiger charge is 2.19. The van der Waals surface area contributed by atoms with Crippen LogP contribution in [-0.4, -0.2) is 34.6 Å². The highest BCUT2D eigenvalue weighted by atomic mass is 35.5. The number of carbonyl (C=O) groups excluding carboxylic acids is 1. The Morgan fingerprint density at radius 3 is 2.96 bits per heavy atom. The van der Waals surface area contributed by atoms with E-state index in [2.05, 4.69) is 15.6 Å². The molecular formula is C17H17ClN4O2S. The topological polar surface area (TPSA) is 69.0 Å². The molecule has 0 fully saturated rings. The second-order valence-electron chi connectivity index (χ2n) is 5.34. The van der Waals surface area contributed by atoms with Gasteiger partial charge in [-0.15, -0.1) is 16.4 Å². The molecule has 3 rings (SSSR count). The quantitative estimate of drug-likeness (QED) is 0.716. The van der Waals surface area contributed by atoms with Gasteiger partial charge in [0.1, 0.15) is 11.4 Å². The average Bonchev–Trinajstić information content (AvgIpc) is 3.24. The molecule has 0 aliphatic rings. The van der Waals surface area contributed by atoms with Gasteiger partial charge < -0.3 is 10.1 Å². The van der Waals surface area contributed by atoms with Crippen molar-refractivity contribution in [3.05, 3.63) is 57.0 Å². The second-order valence-corrected chi connectivity index (χ2v) is 6.81. The molecule has 3 aromatic rings. The summed E-state index contributed by atoms with van der Waals surface area (Å²) in [4.78, 5) is 13.6. The number of hydrogen-bond acceptors (Lipinski definition) is 5. The number of nitrogens with one attached hydrogen (secondary N) is 1. The third-order valence-electron chi connectivity index (χ3n) is 3.72. The molecule has 0 spiro atoms. The van der Waals surface area contributed by atoms with E-state index in [4.69, 9.17) is 16.3 Å². The largest absolute Gasteiger partial charge is 0.494 e. The molecule has 1 aromatic carbocycles. The molecule has 0 saturated carbocycles. The van der Waals surface area contributed by atoms with Gasteiger partial charge in [0.15, 0.2) is 5.69 Å². The third kappa shape index (κ3) is 3.83. The van der Waals surface area contributed by atoms with Gasteiger partial charge in [0.2, 0.25) is 0 Å². The molecule has 1 amide bonds. The minimum Gasteiger partial charge on any atom is -0.494 e. The zero-order chi connectivity index (χ0) is 17.8. The van der Waals surface area contributed by atoms with Gasteiger partial charge in [-0.2, -0.15) is 0 Å². The van der Waals surface area contributed by atoms with Gasteiger partial charge in [-0.25, -0.2) is 4.68 Å². The van der Waals surface area contributed by atoms with Crippen molar-refractivity contribution < 1.29 is 9.53 Å². The highest BCUT2D eigenvalue weighted by molar-refractivity contribution is 7.09. The molecule has 2 heterocycles. The maximum absolute atomic E-state index is 12.4. The molecule has 1 N–H and O–H groups in total. The lowest BCUT2D eigenvalue weighted by Gasteiger charge is -2.10. The normalized spacial score (nSPS) is 10.7. The molecule has 0 atom stereocenters. The van der Waals surface area contributed by atoms with E-state index in [-0.39, 0.29) is 11.6 Å². The molecule has 25 heavy (non-hydrogen) atoms. The van der Waals surface area contributed by atoms with Gasteiger partial charge in [0, 0.05) is 16.4 Å². The van der Waals surface area contributed by atoms with E-state index in [9.17, 15) is 4.79 Å². The molecular weight excluding hydrogens is 360 g/mol. The van der Waals surface area contributed by atoms with Crippen LogP contribution in [-0.2, 0) is 6.42 Å².